The molecule has 1 aromatic heterocycles. The number of aromatic nitrogens is 2. The molecule has 0 spiro atoms. The van der Waals surface area contributed by atoms with E-state index in [4.69, 9.17) is 4.98 Å². The number of anilines is 2. The van der Waals surface area contributed by atoms with Crippen LogP contribution in [0.1, 0.15) is 29.6 Å². The van der Waals surface area contributed by atoms with Gasteiger partial charge in [0.2, 0.25) is 0 Å². The highest BCUT2D eigenvalue weighted by Gasteiger charge is 2.25. The lowest BCUT2D eigenvalue weighted by Crippen LogP contribution is -2.50. The molecular weight excluding hydrogens is 443 g/mol. The van der Waals surface area contributed by atoms with Crippen molar-refractivity contribution < 1.29 is 18.0 Å². The number of amides is 2. The number of hydrogen-bond donors (Lipinski definition) is 1. The summed E-state index contributed by atoms with van der Waals surface area (Å²) in [6.07, 6.45) is 1.23. The first kappa shape index (κ1) is 23.5. The SMILES string of the molecule is CCc1nc(C)nc(N2CCN(C(=O)Nc3ccc(F)c(F)c3)CC2)c1Cc1cccc(F)c1. The van der Waals surface area contributed by atoms with Crippen molar-refractivity contribution in [2.45, 2.75) is 26.7 Å². The molecule has 0 saturated carbocycles. The van der Waals surface area contributed by atoms with Crippen LogP contribution in [0.5, 0.6) is 0 Å². The van der Waals surface area contributed by atoms with Gasteiger partial charge in [-0.1, -0.05) is 19.1 Å². The van der Waals surface area contributed by atoms with Crippen LogP contribution in [0.2, 0.25) is 0 Å². The Morgan fingerprint density at radius 2 is 1.76 bits per heavy atom. The Hall–Kier alpha value is -3.62. The van der Waals surface area contributed by atoms with E-state index in [1.165, 1.54) is 18.2 Å². The molecule has 2 heterocycles. The van der Waals surface area contributed by atoms with E-state index in [0.717, 1.165) is 41.2 Å². The second-order valence-electron chi connectivity index (χ2n) is 8.21. The number of carbonyl (C=O) groups excluding carboxylic acids is 1. The van der Waals surface area contributed by atoms with Gasteiger partial charge in [-0.05, 0) is 43.2 Å². The maximum atomic E-state index is 13.8. The summed E-state index contributed by atoms with van der Waals surface area (Å²) in [5.41, 5.74) is 2.92. The first-order valence-electron chi connectivity index (χ1n) is 11.2. The summed E-state index contributed by atoms with van der Waals surface area (Å²) in [6.45, 7) is 5.82. The van der Waals surface area contributed by atoms with Gasteiger partial charge in [-0.2, -0.15) is 0 Å². The Kier molecular flexibility index (Phi) is 7.00. The first-order chi connectivity index (χ1) is 16.3. The van der Waals surface area contributed by atoms with E-state index in [9.17, 15) is 18.0 Å². The molecule has 178 valence electrons. The van der Waals surface area contributed by atoms with Gasteiger partial charge in [0.05, 0.1) is 0 Å². The van der Waals surface area contributed by atoms with Gasteiger partial charge >= 0.3 is 6.03 Å². The minimum atomic E-state index is -1.01. The summed E-state index contributed by atoms with van der Waals surface area (Å²) in [4.78, 5) is 25.7. The highest BCUT2D eigenvalue weighted by molar-refractivity contribution is 5.89. The van der Waals surface area contributed by atoms with Crippen LogP contribution in [0.25, 0.3) is 0 Å². The van der Waals surface area contributed by atoms with Crippen LogP contribution in [-0.4, -0.2) is 47.1 Å². The third-order valence-electron chi connectivity index (χ3n) is 5.82. The summed E-state index contributed by atoms with van der Waals surface area (Å²) in [6, 6.07) is 9.39. The zero-order valence-corrected chi connectivity index (χ0v) is 19.1. The van der Waals surface area contributed by atoms with E-state index in [-0.39, 0.29) is 17.5 Å². The van der Waals surface area contributed by atoms with Crippen molar-refractivity contribution in [1.29, 1.82) is 0 Å². The molecule has 1 aliphatic rings. The maximum absolute atomic E-state index is 13.8. The topological polar surface area (TPSA) is 61.4 Å². The van der Waals surface area contributed by atoms with E-state index in [1.54, 1.807) is 11.0 Å². The fraction of sp³-hybridized carbons (Fsp3) is 0.320. The van der Waals surface area contributed by atoms with Crippen molar-refractivity contribution in [2.24, 2.45) is 0 Å². The van der Waals surface area contributed by atoms with Gasteiger partial charge in [0.15, 0.2) is 11.6 Å². The fourth-order valence-corrected chi connectivity index (χ4v) is 4.12. The van der Waals surface area contributed by atoms with Crippen LogP contribution in [0.3, 0.4) is 0 Å². The van der Waals surface area contributed by atoms with Crippen molar-refractivity contribution in [3.8, 4) is 0 Å². The molecule has 1 saturated heterocycles. The predicted molar refractivity (Wildman–Crippen MR) is 125 cm³/mol. The van der Waals surface area contributed by atoms with E-state index in [0.29, 0.717) is 38.4 Å². The number of carbonyl (C=O) groups is 1. The molecule has 3 aromatic rings. The lowest BCUT2D eigenvalue weighted by atomic mass is 10.0. The highest BCUT2D eigenvalue weighted by Crippen LogP contribution is 2.26. The number of benzene rings is 2. The molecule has 2 aromatic carbocycles. The standard InChI is InChI=1S/C25H26F3N5O/c1-3-23-20(14-17-5-4-6-18(26)13-17)24(30-16(2)29-23)32-9-11-33(12-10-32)25(34)31-19-7-8-21(27)22(28)15-19/h4-8,13,15H,3,9-12,14H2,1-2H3,(H,31,34). The van der Waals surface area contributed by atoms with Crippen LogP contribution in [0.15, 0.2) is 42.5 Å². The number of nitrogens with one attached hydrogen (secondary N) is 1. The van der Waals surface area contributed by atoms with Crippen molar-refractivity contribution in [3.63, 3.8) is 0 Å². The normalized spacial score (nSPS) is 13.8. The van der Waals surface area contributed by atoms with Crippen molar-refractivity contribution in [2.75, 3.05) is 36.4 Å². The zero-order chi connectivity index (χ0) is 24.2. The number of rotatable bonds is 5. The van der Waals surface area contributed by atoms with Gasteiger partial charge in [0, 0.05) is 55.6 Å². The number of piperazine rings is 1. The molecule has 1 N–H and O–H groups in total. The monoisotopic (exact) mass is 469 g/mol. The number of urea groups is 1. The second-order valence-corrected chi connectivity index (χ2v) is 8.21. The van der Waals surface area contributed by atoms with Crippen LogP contribution in [0.4, 0.5) is 29.5 Å². The lowest BCUT2D eigenvalue weighted by molar-refractivity contribution is 0.208. The Balaban J connectivity index is 1.49. The molecular formula is C25H26F3N5O. The van der Waals surface area contributed by atoms with Gasteiger partial charge in [0.1, 0.15) is 17.5 Å². The Morgan fingerprint density at radius 3 is 2.44 bits per heavy atom. The molecule has 1 fully saturated rings. The van der Waals surface area contributed by atoms with Crippen LogP contribution >= 0.6 is 0 Å². The summed E-state index contributed by atoms with van der Waals surface area (Å²) < 4.78 is 40.3. The molecule has 0 bridgehead atoms. The smallest absolute Gasteiger partial charge is 0.321 e. The maximum Gasteiger partial charge on any atom is 0.321 e. The zero-order valence-electron chi connectivity index (χ0n) is 19.1. The van der Waals surface area contributed by atoms with Crippen LogP contribution in [0, 0.1) is 24.4 Å². The quantitative estimate of drug-likeness (QED) is 0.588. The number of nitrogens with zero attached hydrogens (tertiary/aromatic N) is 4. The van der Waals surface area contributed by atoms with E-state index >= 15 is 0 Å². The third-order valence-corrected chi connectivity index (χ3v) is 5.82. The molecule has 1 aliphatic heterocycles. The fourth-order valence-electron chi connectivity index (χ4n) is 4.12. The average molecular weight is 470 g/mol. The van der Waals surface area contributed by atoms with Crippen LogP contribution in [-0.2, 0) is 12.8 Å². The van der Waals surface area contributed by atoms with Gasteiger partial charge < -0.3 is 15.1 Å². The number of halogens is 3. The first-order valence-corrected chi connectivity index (χ1v) is 11.2. The van der Waals surface area contributed by atoms with Gasteiger partial charge in [-0.25, -0.2) is 27.9 Å². The molecule has 0 unspecified atom stereocenters. The molecule has 4 rings (SSSR count). The Bertz CT molecular complexity index is 1200. The van der Waals surface area contributed by atoms with E-state index in [1.807, 2.05) is 19.9 Å². The molecule has 0 aliphatic carbocycles. The lowest BCUT2D eigenvalue weighted by Gasteiger charge is -2.36. The Labute approximate surface area is 196 Å². The van der Waals surface area contributed by atoms with Crippen molar-refractivity contribution in [3.05, 3.63) is 82.6 Å². The van der Waals surface area contributed by atoms with Gasteiger partial charge in [-0.15, -0.1) is 0 Å². The molecule has 34 heavy (non-hydrogen) atoms. The molecule has 2 amide bonds. The minimum Gasteiger partial charge on any atom is -0.353 e. The summed E-state index contributed by atoms with van der Waals surface area (Å²) in [5, 5.41) is 2.61. The minimum absolute atomic E-state index is 0.197. The predicted octanol–water partition coefficient (Wildman–Crippen LogP) is 4.71. The number of aryl methyl sites for hydroxylation is 2. The summed E-state index contributed by atoms with van der Waals surface area (Å²) in [7, 11) is 0. The van der Waals surface area contributed by atoms with Gasteiger partial charge in [0.25, 0.3) is 0 Å². The summed E-state index contributed by atoms with van der Waals surface area (Å²) >= 11 is 0. The van der Waals surface area contributed by atoms with Crippen molar-refractivity contribution in [1.82, 2.24) is 14.9 Å². The molecule has 6 nitrogen and oxygen atoms in total. The van der Waals surface area contributed by atoms with Crippen molar-refractivity contribution >= 4 is 17.5 Å². The Morgan fingerprint density at radius 1 is 1.00 bits per heavy atom. The van der Waals surface area contributed by atoms with E-state index < -0.39 is 11.6 Å². The van der Waals surface area contributed by atoms with E-state index in [2.05, 4.69) is 15.2 Å². The molecule has 0 atom stereocenters. The molecule has 0 radical (unpaired) electrons. The average Bonchev–Trinajstić information content (AvgIpc) is 2.82. The van der Waals surface area contributed by atoms with Crippen LogP contribution < -0.4 is 10.2 Å². The van der Waals surface area contributed by atoms with Gasteiger partial charge in [-0.3, -0.25) is 0 Å². The summed E-state index contributed by atoms with van der Waals surface area (Å²) in [5.74, 6) is -0.806. The second kappa shape index (κ2) is 10.1. The largest absolute Gasteiger partial charge is 0.353 e. The molecule has 9 heteroatoms. The highest BCUT2D eigenvalue weighted by atomic mass is 19.2. The third kappa shape index (κ3) is 5.30. The number of hydrogen-bond acceptors (Lipinski definition) is 4.